The van der Waals surface area contributed by atoms with Gasteiger partial charge < -0.3 is 9.84 Å². The van der Waals surface area contributed by atoms with E-state index >= 15 is 0 Å². The van der Waals surface area contributed by atoms with E-state index in [2.05, 4.69) is 0 Å². The van der Waals surface area contributed by atoms with Crippen LogP contribution < -0.4 is 0 Å². The second-order valence-electron chi connectivity index (χ2n) is 4.22. The Kier molecular flexibility index (Phi) is 4.31. The van der Waals surface area contributed by atoms with Crippen LogP contribution in [0.2, 0.25) is 0 Å². The zero-order valence-corrected chi connectivity index (χ0v) is 10.7. The maximum absolute atomic E-state index is 12.1. The molecular formula is C16H16O3. The Hall–Kier alpha value is -2.13. The Morgan fingerprint density at radius 3 is 2.37 bits per heavy atom. The minimum atomic E-state index is -0.505. The van der Waals surface area contributed by atoms with Crippen molar-refractivity contribution in [1.29, 1.82) is 0 Å². The van der Waals surface area contributed by atoms with Gasteiger partial charge in [-0.2, -0.15) is 0 Å². The molecule has 2 rings (SSSR count). The van der Waals surface area contributed by atoms with Gasteiger partial charge in [0, 0.05) is 0 Å². The highest BCUT2D eigenvalue weighted by Crippen LogP contribution is 2.28. The molecule has 0 saturated carbocycles. The number of carbonyl (C=O) groups is 1. The number of carbonyl (C=O) groups excluding carboxylic acids is 1. The summed E-state index contributed by atoms with van der Waals surface area (Å²) in [5.41, 5.74) is 2.38. The molecule has 0 aromatic heterocycles. The van der Waals surface area contributed by atoms with Gasteiger partial charge in [0.1, 0.15) is 5.92 Å². The Labute approximate surface area is 112 Å². The fraction of sp³-hybridized carbons (Fsp3) is 0.188. The minimum Gasteiger partial charge on any atom is -0.468 e. The van der Waals surface area contributed by atoms with E-state index < -0.39 is 5.92 Å². The summed E-state index contributed by atoms with van der Waals surface area (Å²) in [6.07, 6.45) is 0. The van der Waals surface area contributed by atoms with E-state index in [1.807, 2.05) is 54.6 Å². The molecule has 3 nitrogen and oxygen atoms in total. The first-order valence-corrected chi connectivity index (χ1v) is 6.09. The van der Waals surface area contributed by atoms with E-state index in [4.69, 9.17) is 4.74 Å². The summed E-state index contributed by atoms with van der Waals surface area (Å²) in [5.74, 6) is -0.832. The fourth-order valence-corrected chi connectivity index (χ4v) is 2.17. The van der Waals surface area contributed by atoms with Crippen LogP contribution in [0.4, 0.5) is 0 Å². The first-order chi connectivity index (χ1) is 9.27. The lowest BCUT2D eigenvalue weighted by Crippen LogP contribution is -2.17. The van der Waals surface area contributed by atoms with E-state index in [-0.39, 0.29) is 12.6 Å². The average molecular weight is 256 g/mol. The molecule has 1 unspecified atom stereocenters. The highest BCUT2D eigenvalue weighted by molar-refractivity contribution is 5.82. The van der Waals surface area contributed by atoms with Gasteiger partial charge in [0.25, 0.3) is 0 Å². The van der Waals surface area contributed by atoms with Gasteiger partial charge in [-0.05, 0) is 16.7 Å². The third kappa shape index (κ3) is 2.83. The van der Waals surface area contributed by atoms with Crippen molar-refractivity contribution < 1.29 is 14.6 Å². The molecule has 0 spiro atoms. The molecule has 2 aromatic rings. The van der Waals surface area contributed by atoms with Gasteiger partial charge in [-0.1, -0.05) is 54.6 Å². The number of hydrogen-bond donors (Lipinski definition) is 1. The molecule has 0 aliphatic carbocycles. The van der Waals surface area contributed by atoms with E-state index in [0.29, 0.717) is 0 Å². The maximum Gasteiger partial charge on any atom is 0.317 e. The van der Waals surface area contributed by atoms with Crippen molar-refractivity contribution in [3.05, 3.63) is 71.3 Å². The molecule has 0 aliphatic rings. The van der Waals surface area contributed by atoms with Crippen molar-refractivity contribution in [3.8, 4) is 0 Å². The summed E-state index contributed by atoms with van der Waals surface area (Å²) in [6, 6.07) is 16.8. The van der Waals surface area contributed by atoms with E-state index in [1.54, 1.807) is 0 Å². The van der Waals surface area contributed by atoms with Gasteiger partial charge in [0.15, 0.2) is 0 Å². The largest absolute Gasteiger partial charge is 0.468 e. The van der Waals surface area contributed by atoms with Crippen LogP contribution in [0.1, 0.15) is 22.6 Å². The summed E-state index contributed by atoms with van der Waals surface area (Å²) in [4.78, 5) is 12.1. The lowest BCUT2D eigenvalue weighted by atomic mass is 9.88. The molecule has 0 saturated heterocycles. The van der Waals surface area contributed by atoms with Crippen molar-refractivity contribution in [2.75, 3.05) is 7.11 Å². The van der Waals surface area contributed by atoms with Crippen LogP contribution in [-0.4, -0.2) is 18.2 Å². The first kappa shape index (κ1) is 13.3. The van der Waals surface area contributed by atoms with Crippen molar-refractivity contribution in [2.45, 2.75) is 12.5 Å². The van der Waals surface area contributed by atoms with Crippen molar-refractivity contribution >= 4 is 5.97 Å². The molecule has 19 heavy (non-hydrogen) atoms. The van der Waals surface area contributed by atoms with Crippen LogP contribution in [0.3, 0.4) is 0 Å². The van der Waals surface area contributed by atoms with Crippen LogP contribution in [0, 0.1) is 0 Å². The van der Waals surface area contributed by atoms with Crippen LogP contribution in [-0.2, 0) is 16.1 Å². The average Bonchev–Trinajstić information content (AvgIpc) is 2.49. The molecule has 2 aromatic carbocycles. The van der Waals surface area contributed by atoms with Gasteiger partial charge in [0.2, 0.25) is 0 Å². The van der Waals surface area contributed by atoms with Crippen molar-refractivity contribution in [1.82, 2.24) is 0 Å². The number of rotatable bonds is 4. The maximum atomic E-state index is 12.1. The summed E-state index contributed by atoms with van der Waals surface area (Å²) in [7, 11) is 1.37. The molecule has 98 valence electrons. The summed E-state index contributed by atoms with van der Waals surface area (Å²) in [6.45, 7) is -0.101. The number of benzene rings is 2. The van der Waals surface area contributed by atoms with Crippen LogP contribution in [0.15, 0.2) is 54.6 Å². The van der Waals surface area contributed by atoms with Crippen LogP contribution in [0.25, 0.3) is 0 Å². The van der Waals surface area contributed by atoms with Crippen LogP contribution >= 0.6 is 0 Å². The lowest BCUT2D eigenvalue weighted by molar-refractivity contribution is -0.141. The predicted molar refractivity (Wildman–Crippen MR) is 72.7 cm³/mol. The first-order valence-electron chi connectivity index (χ1n) is 6.09. The SMILES string of the molecule is COC(=O)C(c1ccccc1)c1ccccc1CO. The molecule has 1 N–H and O–H groups in total. The molecule has 0 bridgehead atoms. The highest BCUT2D eigenvalue weighted by Gasteiger charge is 2.25. The second-order valence-corrected chi connectivity index (χ2v) is 4.22. The lowest BCUT2D eigenvalue weighted by Gasteiger charge is -2.18. The molecule has 0 heterocycles. The van der Waals surface area contributed by atoms with Gasteiger partial charge >= 0.3 is 5.97 Å². The number of aliphatic hydroxyl groups excluding tert-OH is 1. The minimum absolute atomic E-state index is 0.101. The molecule has 0 aliphatic heterocycles. The molecular weight excluding hydrogens is 240 g/mol. The Morgan fingerprint density at radius 2 is 1.74 bits per heavy atom. The number of methoxy groups -OCH3 is 1. The molecule has 0 amide bonds. The zero-order valence-electron chi connectivity index (χ0n) is 10.7. The zero-order chi connectivity index (χ0) is 13.7. The van der Waals surface area contributed by atoms with Gasteiger partial charge in [-0.25, -0.2) is 0 Å². The number of hydrogen-bond acceptors (Lipinski definition) is 3. The molecule has 1 atom stereocenters. The Balaban J connectivity index is 2.53. The van der Waals surface area contributed by atoms with Gasteiger partial charge in [0.05, 0.1) is 13.7 Å². The van der Waals surface area contributed by atoms with E-state index in [1.165, 1.54) is 7.11 Å². The standard InChI is InChI=1S/C16H16O3/c1-19-16(18)15(12-7-3-2-4-8-12)14-10-6-5-9-13(14)11-17/h2-10,15,17H,11H2,1H3. The van der Waals surface area contributed by atoms with Crippen LogP contribution in [0.5, 0.6) is 0 Å². The summed E-state index contributed by atoms with van der Waals surface area (Å²) in [5, 5.41) is 9.42. The molecule has 0 radical (unpaired) electrons. The normalized spacial score (nSPS) is 11.9. The molecule has 0 fully saturated rings. The second kappa shape index (κ2) is 6.16. The third-order valence-corrected chi connectivity index (χ3v) is 3.11. The highest BCUT2D eigenvalue weighted by atomic mass is 16.5. The van der Waals surface area contributed by atoms with Crippen molar-refractivity contribution in [2.24, 2.45) is 0 Å². The quantitative estimate of drug-likeness (QED) is 0.855. The Morgan fingerprint density at radius 1 is 1.11 bits per heavy atom. The number of esters is 1. The smallest absolute Gasteiger partial charge is 0.317 e. The fourth-order valence-electron chi connectivity index (χ4n) is 2.17. The van der Waals surface area contributed by atoms with Gasteiger partial charge in [-0.15, -0.1) is 0 Å². The number of ether oxygens (including phenoxy) is 1. The Bertz CT molecular complexity index is 549. The third-order valence-electron chi connectivity index (χ3n) is 3.11. The van der Waals surface area contributed by atoms with Gasteiger partial charge in [-0.3, -0.25) is 4.79 Å². The number of aliphatic hydroxyl groups is 1. The molecule has 3 heteroatoms. The topological polar surface area (TPSA) is 46.5 Å². The summed E-state index contributed by atoms with van der Waals surface area (Å²) < 4.78 is 4.90. The van der Waals surface area contributed by atoms with Crippen molar-refractivity contribution in [3.63, 3.8) is 0 Å². The predicted octanol–water partition coefficient (Wildman–Crippen LogP) is 2.48. The van der Waals surface area contributed by atoms with E-state index in [9.17, 15) is 9.90 Å². The summed E-state index contributed by atoms with van der Waals surface area (Å²) >= 11 is 0. The monoisotopic (exact) mass is 256 g/mol. The van der Waals surface area contributed by atoms with E-state index in [0.717, 1.165) is 16.7 Å².